The van der Waals surface area contributed by atoms with Gasteiger partial charge in [0.15, 0.2) is 0 Å². The number of hydrogen-bond acceptors (Lipinski definition) is 2. The summed E-state index contributed by atoms with van der Waals surface area (Å²) in [4.78, 5) is 7.56. The van der Waals surface area contributed by atoms with Gasteiger partial charge in [-0.15, -0.1) is 0 Å². The van der Waals surface area contributed by atoms with Crippen molar-refractivity contribution < 1.29 is 4.11 Å². The summed E-state index contributed by atoms with van der Waals surface area (Å²) >= 11 is 0. The van der Waals surface area contributed by atoms with Crippen molar-refractivity contribution in [1.82, 2.24) is 9.97 Å². The molecule has 1 aromatic rings. The van der Waals surface area contributed by atoms with Crippen molar-refractivity contribution in [3.05, 3.63) is 24.2 Å². The summed E-state index contributed by atoms with van der Waals surface area (Å²) in [6.07, 6.45) is -0.336. The van der Waals surface area contributed by atoms with Crippen molar-refractivity contribution in [2.24, 2.45) is 0 Å². The topological polar surface area (TPSA) is 25.8 Å². The molecule has 0 aliphatic rings. The highest BCUT2D eigenvalue weighted by Crippen LogP contribution is 2.04. The van der Waals surface area contributed by atoms with E-state index < -0.39 is 0 Å². The zero-order chi connectivity index (χ0) is 9.30. The first-order valence-corrected chi connectivity index (χ1v) is 2.84. The van der Waals surface area contributed by atoms with Gasteiger partial charge in [0.25, 0.3) is 0 Å². The van der Waals surface area contributed by atoms with Gasteiger partial charge >= 0.3 is 0 Å². The molecule has 0 aliphatic heterocycles. The van der Waals surface area contributed by atoms with Gasteiger partial charge in [-0.25, -0.2) is 9.97 Å². The molecule has 0 radical (unpaired) electrons. The number of aromatic nitrogens is 2. The first-order chi connectivity index (χ1) is 5.52. The number of hydrogen-bond donors (Lipinski definition) is 0. The van der Waals surface area contributed by atoms with E-state index >= 15 is 0 Å². The lowest BCUT2D eigenvalue weighted by Crippen LogP contribution is -1.93. The van der Waals surface area contributed by atoms with Crippen LogP contribution in [0.1, 0.15) is 29.7 Å². The molecule has 1 rings (SSSR count). The monoisotopic (exact) mass is 125 g/mol. The van der Waals surface area contributed by atoms with E-state index in [1.807, 2.05) is 13.8 Å². The fraction of sp³-hybridized carbons (Fsp3) is 0.429. The molecule has 1 heterocycles. The number of rotatable bonds is 1. The average Bonchev–Trinajstić information content (AvgIpc) is 1.99. The Hall–Kier alpha value is -0.920. The van der Waals surface area contributed by atoms with Crippen LogP contribution in [0.25, 0.3) is 0 Å². The Morgan fingerprint density at radius 2 is 2.00 bits per heavy atom. The lowest BCUT2D eigenvalue weighted by Gasteiger charge is -1.98. The second-order valence-corrected chi connectivity index (χ2v) is 2.09. The van der Waals surface area contributed by atoms with Crippen molar-refractivity contribution in [3.8, 4) is 0 Å². The van der Waals surface area contributed by atoms with Crippen LogP contribution in [-0.4, -0.2) is 9.97 Å². The summed E-state index contributed by atoms with van der Waals surface area (Å²) < 4.78 is 21.7. The van der Waals surface area contributed by atoms with E-state index in [1.165, 1.54) is 0 Å². The van der Waals surface area contributed by atoms with E-state index in [1.54, 1.807) is 0 Å². The van der Waals surface area contributed by atoms with E-state index in [4.69, 9.17) is 4.11 Å². The molecule has 0 fully saturated rings. The minimum absolute atomic E-state index is 0.0961. The van der Waals surface area contributed by atoms with Gasteiger partial charge in [0.2, 0.25) is 0 Å². The van der Waals surface area contributed by atoms with Crippen LogP contribution in [0, 0.1) is 0 Å². The molecule has 0 aliphatic carbocycles. The van der Waals surface area contributed by atoms with Crippen LogP contribution in [0.2, 0.25) is 0 Å². The summed E-state index contributed by atoms with van der Waals surface area (Å²) in [5.74, 6) is 0.555. The third kappa shape index (κ3) is 1.49. The Bertz CT molecular complexity index is 276. The largest absolute Gasteiger partial charge is 0.241 e. The predicted molar refractivity (Wildman–Crippen MR) is 36.1 cm³/mol. The van der Waals surface area contributed by atoms with Gasteiger partial charge in [0.05, 0.1) is 4.11 Å². The van der Waals surface area contributed by atoms with Crippen molar-refractivity contribution in [2.45, 2.75) is 19.8 Å². The van der Waals surface area contributed by atoms with Crippen molar-refractivity contribution >= 4 is 0 Å². The van der Waals surface area contributed by atoms with E-state index in [2.05, 4.69) is 9.97 Å². The molecule has 0 unspecified atom stereocenters. The molecule has 0 saturated heterocycles. The Morgan fingerprint density at radius 1 is 1.44 bits per heavy atom. The van der Waals surface area contributed by atoms with Gasteiger partial charge in [-0.1, -0.05) is 13.8 Å². The summed E-state index contributed by atoms with van der Waals surface area (Å²) in [5.41, 5.74) is 0. The molecular weight excluding hydrogens is 112 g/mol. The minimum Gasteiger partial charge on any atom is -0.241 e. The van der Waals surface area contributed by atoms with E-state index in [-0.39, 0.29) is 24.3 Å². The maximum absolute atomic E-state index is 7.24. The zero-order valence-corrected chi connectivity index (χ0v) is 5.47. The van der Waals surface area contributed by atoms with Crippen molar-refractivity contribution in [2.75, 3.05) is 0 Å². The van der Waals surface area contributed by atoms with Gasteiger partial charge in [-0.3, -0.25) is 0 Å². The minimum atomic E-state index is -0.209. The fourth-order valence-corrected chi connectivity index (χ4v) is 0.479. The van der Waals surface area contributed by atoms with Crippen LogP contribution >= 0.6 is 0 Å². The Morgan fingerprint density at radius 3 is 2.44 bits per heavy atom. The van der Waals surface area contributed by atoms with E-state index in [9.17, 15) is 0 Å². The van der Waals surface area contributed by atoms with Crippen LogP contribution in [0.15, 0.2) is 18.4 Å². The molecule has 0 atom stereocenters. The highest BCUT2D eigenvalue weighted by atomic mass is 14.9. The van der Waals surface area contributed by atoms with Crippen LogP contribution in [0.3, 0.4) is 0 Å². The quantitative estimate of drug-likeness (QED) is 0.569. The second kappa shape index (κ2) is 2.58. The molecule has 0 aromatic carbocycles. The van der Waals surface area contributed by atoms with Crippen LogP contribution in [-0.2, 0) is 0 Å². The van der Waals surface area contributed by atoms with Crippen LogP contribution in [0.4, 0.5) is 0 Å². The number of nitrogens with zero attached hydrogens (tertiary/aromatic N) is 2. The molecule has 1 aromatic heterocycles. The highest BCUT2D eigenvalue weighted by Gasteiger charge is 1.97. The molecule has 0 saturated carbocycles. The highest BCUT2D eigenvalue weighted by molar-refractivity contribution is 4.92. The summed E-state index contributed by atoms with van der Waals surface area (Å²) in [6.45, 7) is 3.77. The molecule has 2 heteroatoms. The Balaban J connectivity index is 3.21. The van der Waals surface area contributed by atoms with Gasteiger partial charge in [0, 0.05) is 18.3 Å². The van der Waals surface area contributed by atoms with Crippen molar-refractivity contribution in [1.29, 1.82) is 0 Å². The molecule has 48 valence electrons. The maximum Gasteiger partial charge on any atom is 0.130 e. The van der Waals surface area contributed by atoms with E-state index in [0.29, 0.717) is 5.82 Å². The molecule has 0 spiro atoms. The van der Waals surface area contributed by atoms with Crippen LogP contribution < -0.4 is 0 Å². The third-order valence-corrected chi connectivity index (χ3v) is 0.969. The van der Waals surface area contributed by atoms with Gasteiger partial charge in [-0.05, 0) is 6.04 Å². The molecule has 0 bridgehead atoms. The second-order valence-electron chi connectivity index (χ2n) is 2.09. The summed E-state index contributed by atoms with van der Waals surface area (Å²) in [7, 11) is 0. The van der Waals surface area contributed by atoms with E-state index in [0.717, 1.165) is 0 Å². The first-order valence-electron chi connectivity index (χ1n) is 4.34. The Kier molecular flexibility index (Phi) is 0.944. The lowest BCUT2D eigenvalue weighted by atomic mass is 10.2. The maximum atomic E-state index is 7.24. The Labute approximate surface area is 59.2 Å². The summed E-state index contributed by atoms with van der Waals surface area (Å²) in [6, 6.07) is -0.209. The predicted octanol–water partition coefficient (Wildman–Crippen LogP) is 1.60. The smallest absolute Gasteiger partial charge is 0.130 e. The zero-order valence-electron chi connectivity index (χ0n) is 8.47. The molecule has 2 nitrogen and oxygen atoms in total. The van der Waals surface area contributed by atoms with Gasteiger partial charge < -0.3 is 0 Å². The standard InChI is InChI=1S/C7H10N2/c1-6(2)7-8-4-3-5-9-7/h3-6H,1-2H3/i3D,4D,5D. The third-order valence-electron chi connectivity index (χ3n) is 0.969. The van der Waals surface area contributed by atoms with Crippen molar-refractivity contribution in [3.63, 3.8) is 0 Å². The molecule has 0 N–H and O–H groups in total. The normalized spacial score (nSPS) is 14.8. The molecule has 9 heavy (non-hydrogen) atoms. The van der Waals surface area contributed by atoms with Crippen LogP contribution in [0.5, 0.6) is 0 Å². The fourth-order valence-electron chi connectivity index (χ4n) is 0.479. The van der Waals surface area contributed by atoms with Gasteiger partial charge in [0.1, 0.15) is 5.82 Å². The van der Waals surface area contributed by atoms with Gasteiger partial charge in [-0.2, -0.15) is 0 Å². The molecule has 0 amide bonds. The lowest BCUT2D eigenvalue weighted by molar-refractivity contribution is 0.774. The average molecular weight is 125 g/mol. The summed E-state index contributed by atoms with van der Waals surface area (Å²) in [5, 5.41) is 0. The SMILES string of the molecule is [2H]c1nc(C(C)C)nc([2H])c1[2H]. The first kappa shape index (κ1) is 3.30. The molecular formula is C7H10N2.